The Morgan fingerprint density at radius 3 is 2.83 bits per heavy atom. The van der Waals surface area contributed by atoms with Gasteiger partial charge in [-0.05, 0) is 18.6 Å². The summed E-state index contributed by atoms with van der Waals surface area (Å²) < 4.78 is 0. The van der Waals surface area contributed by atoms with Crippen LogP contribution in [0.3, 0.4) is 0 Å². The van der Waals surface area contributed by atoms with Crippen LogP contribution in [0, 0.1) is 6.92 Å². The number of aryl methyl sites for hydroxylation is 1. The summed E-state index contributed by atoms with van der Waals surface area (Å²) in [6, 6.07) is 5.60. The highest BCUT2D eigenvalue weighted by molar-refractivity contribution is 7.80. The van der Waals surface area contributed by atoms with Crippen molar-refractivity contribution in [3.05, 3.63) is 34.9 Å². The lowest BCUT2D eigenvalue weighted by Gasteiger charge is -1.98. The molecule has 12 heavy (non-hydrogen) atoms. The monoisotopic (exact) mass is 177 g/mol. The van der Waals surface area contributed by atoms with E-state index in [9.17, 15) is 4.79 Å². The third kappa shape index (κ3) is 0.865. The average Bonchev–Trinajstić information content (AvgIpc) is 2.29. The number of rotatable bonds is 0. The van der Waals surface area contributed by atoms with Crippen molar-refractivity contribution in [3.63, 3.8) is 0 Å². The van der Waals surface area contributed by atoms with Crippen LogP contribution in [0.15, 0.2) is 18.2 Å². The average molecular weight is 177 g/mol. The van der Waals surface area contributed by atoms with Gasteiger partial charge in [0, 0.05) is 5.56 Å². The maximum atomic E-state index is 11.2. The minimum Gasteiger partial charge on any atom is -0.312 e. The van der Waals surface area contributed by atoms with E-state index in [1.54, 1.807) is 6.07 Å². The van der Waals surface area contributed by atoms with Crippen LogP contribution in [0.2, 0.25) is 0 Å². The Kier molecular flexibility index (Phi) is 1.48. The number of hydrogen-bond acceptors (Lipinski definition) is 2. The highest BCUT2D eigenvalue weighted by Gasteiger charge is 2.24. The van der Waals surface area contributed by atoms with E-state index in [1.807, 2.05) is 19.1 Å². The number of hydrogen-bond donors (Lipinski definition) is 1. The summed E-state index contributed by atoms with van der Waals surface area (Å²) in [6.07, 6.45) is 0. The van der Waals surface area contributed by atoms with Gasteiger partial charge in [0.15, 0.2) is 0 Å². The van der Waals surface area contributed by atoms with Crippen molar-refractivity contribution in [1.82, 2.24) is 5.32 Å². The molecular formula is C9H7NOS. The van der Waals surface area contributed by atoms with Crippen LogP contribution in [0.4, 0.5) is 0 Å². The summed E-state index contributed by atoms with van der Waals surface area (Å²) in [6.45, 7) is 1.95. The van der Waals surface area contributed by atoms with Gasteiger partial charge in [-0.3, -0.25) is 4.79 Å². The molecule has 2 rings (SSSR count). The molecule has 1 heterocycles. The van der Waals surface area contributed by atoms with E-state index in [0.29, 0.717) is 10.6 Å². The highest BCUT2D eigenvalue weighted by atomic mass is 32.1. The lowest BCUT2D eigenvalue weighted by Crippen LogP contribution is -2.19. The number of carbonyl (C=O) groups excluding carboxylic acids is 1. The molecule has 0 saturated carbocycles. The predicted molar refractivity (Wildman–Crippen MR) is 50.3 cm³/mol. The van der Waals surface area contributed by atoms with Gasteiger partial charge in [-0.25, -0.2) is 0 Å². The fourth-order valence-electron chi connectivity index (χ4n) is 1.39. The molecule has 0 unspecified atom stereocenters. The Bertz CT molecular complexity index is 384. The van der Waals surface area contributed by atoms with Crippen molar-refractivity contribution in [3.8, 4) is 0 Å². The smallest absolute Gasteiger partial charge is 0.257 e. The van der Waals surface area contributed by atoms with Crippen molar-refractivity contribution >= 4 is 23.1 Å². The van der Waals surface area contributed by atoms with Crippen LogP contribution >= 0.6 is 12.2 Å². The first-order valence-electron chi connectivity index (χ1n) is 3.65. The summed E-state index contributed by atoms with van der Waals surface area (Å²) in [7, 11) is 0. The van der Waals surface area contributed by atoms with Gasteiger partial charge in [-0.15, -0.1) is 0 Å². The minimum atomic E-state index is -0.0845. The van der Waals surface area contributed by atoms with Gasteiger partial charge in [0.2, 0.25) is 0 Å². The molecule has 1 N–H and O–H groups in total. The lowest BCUT2D eigenvalue weighted by molar-refractivity contribution is 0.0983. The standard InChI is InChI=1S/C9H7NOS/c1-5-3-2-4-6-7(5)9(12)10-8(6)11/h2-4H,1H3,(H,10,11,12). The quantitative estimate of drug-likeness (QED) is 0.607. The second kappa shape index (κ2) is 2.38. The molecule has 1 amide bonds. The zero-order chi connectivity index (χ0) is 8.72. The number of fused-ring (bicyclic) bond motifs is 1. The van der Waals surface area contributed by atoms with Crippen LogP contribution in [0.5, 0.6) is 0 Å². The summed E-state index contributed by atoms with van der Waals surface area (Å²) >= 11 is 5.01. The first kappa shape index (κ1) is 7.43. The Morgan fingerprint density at radius 1 is 1.42 bits per heavy atom. The molecule has 0 aromatic heterocycles. The third-order valence-electron chi connectivity index (χ3n) is 1.97. The second-order valence-corrected chi connectivity index (χ2v) is 3.19. The summed E-state index contributed by atoms with van der Waals surface area (Å²) in [5.41, 5.74) is 2.63. The zero-order valence-electron chi connectivity index (χ0n) is 6.55. The molecule has 0 atom stereocenters. The number of amides is 1. The van der Waals surface area contributed by atoms with Crippen molar-refractivity contribution in [2.45, 2.75) is 6.92 Å². The van der Waals surface area contributed by atoms with Crippen molar-refractivity contribution in [1.29, 1.82) is 0 Å². The van der Waals surface area contributed by atoms with Crippen LogP contribution in [0.25, 0.3) is 0 Å². The first-order chi connectivity index (χ1) is 5.70. The van der Waals surface area contributed by atoms with Crippen molar-refractivity contribution < 1.29 is 4.79 Å². The van der Waals surface area contributed by atoms with E-state index in [2.05, 4.69) is 5.32 Å². The largest absolute Gasteiger partial charge is 0.312 e. The molecule has 0 fully saturated rings. The maximum absolute atomic E-state index is 11.2. The van der Waals surface area contributed by atoms with Gasteiger partial charge < -0.3 is 5.32 Å². The van der Waals surface area contributed by atoms with Gasteiger partial charge >= 0.3 is 0 Å². The number of benzene rings is 1. The fourth-order valence-corrected chi connectivity index (χ4v) is 1.75. The SMILES string of the molecule is Cc1cccc2c1C(=S)NC2=O. The zero-order valence-corrected chi connectivity index (χ0v) is 7.37. The summed E-state index contributed by atoms with van der Waals surface area (Å²) in [5, 5.41) is 2.62. The Morgan fingerprint density at radius 2 is 2.17 bits per heavy atom. The molecule has 0 spiro atoms. The van der Waals surface area contributed by atoms with Crippen LogP contribution in [-0.2, 0) is 0 Å². The van der Waals surface area contributed by atoms with Gasteiger partial charge in [0.05, 0.1) is 5.56 Å². The van der Waals surface area contributed by atoms with Gasteiger partial charge in [-0.2, -0.15) is 0 Å². The topological polar surface area (TPSA) is 29.1 Å². The summed E-state index contributed by atoms with van der Waals surface area (Å²) in [4.78, 5) is 11.8. The summed E-state index contributed by atoms with van der Waals surface area (Å²) in [5.74, 6) is -0.0845. The van der Waals surface area contributed by atoms with E-state index < -0.39 is 0 Å². The molecule has 60 valence electrons. The first-order valence-corrected chi connectivity index (χ1v) is 4.06. The molecule has 0 radical (unpaired) electrons. The van der Waals surface area contributed by atoms with E-state index in [0.717, 1.165) is 11.1 Å². The molecule has 1 aromatic carbocycles. The molecule has 1 aromatic rings. The van der Waals surface area contributed by atoms with Crippen LogP contribution < -0.4 is 5.32 Å². The predicted octanol–water partition coefficient (Wildman–Crippen LogP) is 1.41. The third-order valence-corrected chi connectivity index (χ3v) is 2.28. The van der Waals surface area contributed by atoms with Gasteiger partial charge in [-0.1, -0.05) is 24.4 Å². The van der Waals surface area contributed by atoms with E-state index in [-0.39, 0.29) is 5.91 Å². The molecule has 0 saturated heterocycles. The van der Waals surface area contributed by atoms with E-state index in [1.165, 1.54) is 0 Å². The van der Waals surface area contributed by atoms with Gasteiger partial charge in [0.25, 0.3) is 5.91 Å². The van der Waals surface area contributed by atoms with E-state index >= 15 is 0 Å². The molecule has 0 aliphatic carbocycles. The normalized spacial score (nSPS) is 14.4. The van der Waals surface area contributed by atoms with Crippen LogP contribution in [-0.4, -0.2) is 10.9 Å². The van der Waals surface area contributed by atoms with Crippen molar-refractivity contribution in [2.75, 3.05) is 0 Å². The molecular weight excluding hydrogens is 170 g/mol. The number of thiocarbonyl (C=S) groups is 1. The Balaban J connectivity index is 2.75. The number of carbonyl (C=O) groups is 1. The molecule has 2 nitrogen and oxygen atoms in total. The maximum Gasteiger partial charge on any atom is 0.257 e. The highest BCUT2D eigenvalue weighted by Crippen LogP contribution is 2.19. The molecule has 1 aliphatic rings. The lowest BCUT2D eigenvalue weighted by atomic mass is 10.0. The van der Waals surface area contributed by atoms with Crippen molar-refractivity contribution in [2.24, 2.45) is 0 Å². The second-order valence-electron chi connectivity index (χ2n) is 2.78. The Labute approximate surface area is 75.6 Å². The fraction of sp³-hybridized carbons (Fsp3) is 0.111. The Hall–Kier alpha value is -1.22. The van der Waals surface area contributed by atoms with Crippen LogP contribution in [0.1, 0.15) is 21.5 Å². The van der Waals surface area contributed by atoms with E-state index in [4.69, 9.17) is 12.2 Å². The van der Waals surface area contributed by atoms with Gasteiger partial charge in [0.1, 0.15) is 4.99 Å². The number of nitrogens with one attached hydrogen (secondary N) is 1. The molecule has 0 bridgehead atoms. The molecule has 3 heteroatoms. The minimum absolute atomic E-state index is 0.0845. The molecule has 1 aliphatic heterocycles.